The molecule has 0 aromatic heterocycles. The van der Waals surface area contributed by atoms with Gasteiger partial charge in [0, 0.05) is 5.56 Å². The van der Waals surface area contributed by atoms with E-state index in [1.54, 1.807) is 25.1 Å². The van der Waals surface area contributed by atoms with Crippen LogP contribution in [-0.4, -0.2) is 5.11 Å². The third kappa shape index (κ3) is 3.02. The van der Waals surface area contributed by atoms with Crippen LogP contribution < -0.4 is 0 Å². The van der Waals surface area contributed by atoms with Gasteiger partial charge < -0.3 is 5.11 Å². The molecule has 0 bridgehead atoms. The van der Waals surface area contributed by atoms with Crippen LogP contribution in [0.4, 0.5) is 4.39 Å². The molecule has 1 nitrogen and oxygen atoms in total. The largest absolute Gasteiger partial charge is 0.384 e. The van der Waals surface area contributed by atoms with E-state index < -0.39 is 6.10 Å². The maximum Gasteiger partial charge on any atom is 0.132 e. The predicted molar refractivity (Wildman–Crippen MR) is 75.6 cm³/mol. The van der Waals surface area contributed by atoms with E-state index >= 15 is 0 Å². The van der Waals surface area contributed by atoms with Crippen molar-refractivity contribution in [3.8, 4) is 0 Å². The highest BCUT2D eigenvalue weighted by Crippen LogP contribution is 2.26. The maximum atomic E-state index is 14.0. The van der Waals surface area contributed by atoms with Crippen LogP contribution in [0.3, 0.4) is 0 Å². The third-order valence-electron chi connectivity index (χ3n) is 3.32. The summed E-state index contributed by atoms with van der Waals surface area (Å²) in [6.07, 6.45) is 1.12. The summed E-state index contributed by atoms with van der Waals surface area (Å²) < 4.78 is 14.0. The number of rotatable bonds is 4. The molecule has 2 heteroatoms. The van der Waals surface area contributed by atoms with E-state index in [9.17, 15) is 9.50 Å². The van der Waals surface area contributed by atoms with Gasteiger partial charge in [0.25, 0.3) is 0 Å². The Bertz CT molecular complexity index is 563. The van der Waals surface area contributed by atoms with Gasteiger partial charge in [0.15, 0.2) is 0 Å². The first kappa shape index (κ1) is 13.8. The molecule has 0 aliphatic rings. The SMILES string of the molecule is CCCc1cccc(C(O)c2cccc(C)c2F)c1. The minimum atomic E-state index is -0.906. The molecule has 0 radical (unpaired) electrons. The topological polar surface area (TPSA) is 20.2 Å². The summed E-state index contributed by atoms with van der Waals surface area (Å²) in [7, 11) is 0. The molecular weight excluding hydrogens is 239 g/mol. The van der Waals surface area contributed by atoms with Crippen molar-refractivity contribution in [1.29, 1.82) is 0 Å². The van der Waals surface area contributed by atoms with E-state index in [1.807, 2.05) is 24.3 Å². The molecule has 0 amide bonds. The molecule has 0 aliphatic carbocycles. The Morgan fingerprint density at radius 3 is 2.63 bits per heavy atom. The molecule has 0 spiro atoms. The Hall–Kier alpha value is -1.67. The molecule has 100 valence electrons. The van der Waals surface area contributed by atoms with Gasteiger partial charge in [-0.25, -0.2) is 4.39 Å². The van der Waals surface area contributed by atoms with E-state index in [0.29, 0.717) is 11.1 Å². The van der Waals surface area contributed by atoms with Crippen molar-refractivity contribution in [2.24, 2.45) is 0 Å². The Morgan fingerprint density at radius 1 is 1.16 bits per heavy atom. The van der Waals surface area contributed by atoms with Gasteiger partial charge >= 0.3 is 0 Å². The summed E-state index contributed by atoms with van der Waals surface area (Å²) in [4.78, 5) is 0. The van der Waals surface area contributed by atoms with E-state index in [4.69, 9.17) is 0 Å². The molecule has 19 heavy (non-hydrogen) atoms. The summed E-state index contributed by atoms with van der Waals surface area (Å²) in [5.74, 6) is -0.323. The molecule has 0 heterocycles. The monoisotopic (exact) mass is 258 g/mol. The Kier molecular flexibility index (Phi) is 4.33. The van der Waals surface area contributed by atoms with Crippen molar-refractivity contribution in [2.75, 3.05) is 0 Å². The van der Waals surface area contributed by atoms with Crippen LogP contribution in [0.1, 0.15) is 41.7 Å². The van der Waals surface area contributed by atoms with Gasteiger partial charge in [-0.3, -0.25) is 0 Å². The molecule has 0 saturated carbocycles. The minimum Gasteiger partial charge on any atom is -0.384 e. The molecule has 2 aromatic rings. The average molecular weight is 258 g/mol. The van der Waals surface area contributed by atoms with Crippen molar-refractivity contribution in [2.45, 2.75) is 32.8 Å². The number of aryl methyl sites for hydroxylation is 2. The summed E-state index contributed by atoms with van der Waals surface area (Å²) in [5.41, 5.74) is 2.82. The second kappa shape index (κ2) is 5.98. The van der Waals surface area contributed by atoms with E-state index in [-0.39, 0.29) is 5.82 Å². The van der Waals surface area contributed by atoms with Crippen molar-refractivity contribution >= 4 is 0 Å². The fourth-order valence-corrected chi connectivity index (χ4v) is 2.27. The van der Waals surface area contributed by atoms with Crippen molar-refractivity contribution < 1.29 is 9.50 Å². The molecular formula is C17H19FO. The third-order valence-corrected chi connectivity index (χ3v) is 3.32. The van der Waals surface area contributed by atoms with Crippen LogP contribution in [0.5, 0.6) is 0 Å². The second-order valence-electron chi connectivity index (χ2n) is 4.88. The smallest absolute Gasteiger partial charge is 0.132 e. The van der Waals surface area contributed by atoms with Crippen LogP contribution in [0.2, 0.25) is 0 Å². The Labute approximate surface area is 113 Å². The van der Waals surface area contributed by atoms with Crippen molar-refractivity contribution in [1.82, 2.24) is 0 Å². The zero-order valence-electron chi connectivity index (χ0n) is 11.4. The van der Waals surface area contributed by atoms with Crippen LogP contribution in [0.25, 0.3) is 0 Å². The molecule has 0 fully saturated rings. The minimum absolute atomic E-state index is 0.323. The van der Waals surface area contributed by atoms with Gasteiger partial charge in [0.05, 0.1) is 0 Å². The maximum absolute atomic E-state index is 14.0. The number of benzene rings is 2. The first-order chi connectivity index (χ1) is 9.13. The van der Waals surface area contributed by atoms with Crippen LogP contribution in [-0.2, 0) is 6.42 Å². The average Bonchev–Trinajstić information content (AvgIpc) is 2.42. The van der Waals surface area contributed by atoms with Gasteiger partial charge in [-0.2, -0.15) is 0 Å². The van der Waals surface area contributed by atoms with Crippen molar-refractivity contribution in [3.63, 3.8) is 0 Å². The molecule has 1 N–H and O–H groups in total. The van der Waals surface area contributed by atoms with Gasteiger partial charge in [-0.15, -0.1) is 0 Å². The lowest BCUT2D eigenvalue weighted by atomic mass is 9.97. The van der Waals surface area contributed by atoms with Gasteiger partial charge in [-0.1, -0.05) is 55.8 Å². The van der Waals surface area contributed by atoms with Crippen LogP contribution >= 0.6 is 0 Å². The highest BCUT2D eigenvalue weighted by molar-refractivity contribution is 5.35. The fraction of sp³-hybridized carbons (Fsp3) is 0.294. The summed E-state index contributed by atoms with van der Waals surface area (Å²) in [5, 5.41) is 10.3. The lowest BCUT2D eigenvalue weighted by Crippen LogP contribution is -2.04. The molecule has 1 unspecified atom stereocenters. The Balaban J connectivity index is 2.35. The van der Waals surface area contributed by atoms with E-state index in [0.717, 1.165) is 18.4 Å². The first-order valence-corrected chi connectivity index (χ1v) is 6.65. The molecule has 2 aromatic carbocycles. The number of halogens is 1. The number of hydrogen-bond donors (Lipinski definition) is 1. The van der Waals surface area contributed by atoms with E-state index in [1.165, 1.54) is 5.56 Å². The van der Waals surface area contributed by atoms with Crippen LogP contribution in [0, 0.1) is 12.7 Å². The molecule has 0 saturated heterocycles. The van der Waals surface area contributed by atoms with Gasteiger partial charge in [0.1, 0.15) is 11.9 Å². The predicted octanol–water partition coefficient (Wildman–Crippen LogP) is 4.17. The Morgan fingerprint density at radius 2 is 1.89 bits per heavy atom. The second-order valence-corrected chi connectivity index (χ2v) is 4.88. The summed E-state index contributed by atoms with van der Waals surface area (Å²) >= 11 is 0. The quantitative estimate of drug-likeness (QED) is 0.872. The standard InChI is InChI=1S/C17H19FO/c1-3-6-13-8-5-9-14(11-13)17(19)15-10-4-7-12(2)16(15)18/h4-5,7-11,17,19H,3,6H2,1-2H3. The van der Waals surface area contributed by atoms with E-state index in [2.05, 4.69) is 6.92 Å². The first-order valence-electron chi connectivity index (χ1n) is 6.65. The molecule has 1 atom stereocenters. The molecule has 2 rings (SSSR count). The van der Waals surface area contributed by atoms with Crippen LogP contribution in [0.15, 0.2) is 42.5 Å². The number of aliphatic hydroxyl groups is 1. The zero-order chi connectivity index (χ0) is 13.8. The van der Waals surface area contributed by atoms with Gasteiger partial charge in [0.2, 0.25) is 0 Å². The lowest BCUT2D eigenvalue weighted by molar-refractivity contribution is 0.214. The summed E-state index contributed by atoms with van der Waals surface area (Å²) in [6.45, 7) is 3.82. The van der Waals surface area contributed by atoms with Gasteiger partial charge in [-0.05, 0) is 30.0 Å². The highest BCUT2D eigenvalue weighted by Gasteiger charge is 2.16. The zero-order valence-corrected chi connectivity index (χ0v) is 11.4. The number of aliphatic hydroxyl groups excluding tert-OH is 1. The highest BCUT2D eigenvalue weighted by atomic mass is 19.1. The molecule has 0 aliphatic heterocycles. The lowest BCUT2D eigenvalue weighted by Gasteiger charge is -2.14. The normalized spacial score (nSPS) is 12.4. The van der Waals surface area contributed by atoms with Crippen molar-refractivity contribution in [3.05, 3.63) is 70.5 Å². The summed E-state index contributed by atoms with van der Waals surface area (Å²) in [6, 6.07) is 12.9. The fourth-order valence-electron chi connectivity index (χ4n) is 2.27. The number of hydrogen-bond acceptors (Lipinski definition) is 1.